The zero-order chi connectivity index (χ0) is 16.7. The van der Waals surface area contributed by atoms with Gasteiger partial charge in [0, 0.05) is 37.6 Å². The van der Waals surface area contributed by atoms with E-state index in [0.29, 0.717) is 0 Å². The number of ether oxygens (including phenoxy) is 1. The van der Waals surface area contributed by atoms with Gasteiger partial charge in [-0.25, -0.2) is 0 Å². The first-order valence-corrected chi connectivity index (χ1v) is 8.61. The number of benzene rings is 1. The second kappa shape index (κ2) is 8.79. The Bertz CT molecular complexity index is 657. The molecule has 0 spiro atoms. The van der Waals surface area contributed by atoms with E-state index in [1.807, 2.05) is 31.3 Å². The van der Waals surface area contributed by atoms with Crippen LogP contribution >= 0.6 is 22.9 Å². The molecule has 2 aromatic rings. The highest BCUT2D eigenvalue weighted by atomic mass is 35.5. The summed E-state index contributed by atoms with van der Waals surface area (Å²) in [5.74, 6) is 1.75. The molecule has 0 aliphatic carbocycles. The summed E-state index contributed by atoms with van der Waals surface area (Å²) >= 11 is 7.57. The number of aliphatic imine (C=N–C) groups is 1. The minimum atomic E-state index is 0.731. The standard InChI is InChI=1S/C17H22ClN3OS/c1-19-17(20-11-10-14-8-9-16(18)23-14)21(2)12-13-6-4-5-7-15(13)22-3/h4-9H,10-12H2,1-3H3,(H,19,20). The van der Waals surface area contributed by atoms with E-state index >= 15 is 0 Å². The molecule has 1 aromatic heterocycles. The van der Waals surface area contributed by atoms with Crippen LogP contribution in [0.1, 0.15) is 10.4 Å². The minimum Gasteiger partial charge on any atom is -0.496 e. The third-order valence-corrected chi connectivity index (χ3v) is 4.75. The lowest BCUT2D eigenvalue weighted by Crippen LogP contribution is -2.39. The van der Waals surface area contributed by atoms with Crippen LogP contribution in [0.4, 0.5) is 0 Å². The van der Waals surface area contributed by atoms with Gasteiger partial charge in [0.25, 0.3) is 0 Å². The number of rotatable bonds is 6. The summed E-state index contributed by atoms with van der Waals surface area (Å²) in [6, 6.07) is 12.0. The van der Waals surface area contributed by atoms with Crippen LogP contribution in [-0.2, 0) is 13.0 Å². The van der Waals surface area contributed by atoms with Gasteiger partial charge in [-0.05, 0) is 24.6 Å². The van der Waals surface area contributed by atoms with Crippen molar-refractivity contribution in [3.05, 3.63) is 51.2 Å². The second-order valence-corrected chi connectivity index (χ2v) is 6.90. The van der Waals surface area contributed by atoms with Crippen molar-refractivity contribution in [2.24, 2.45) is 4.99 Å². The van der Waals surface area contributed by atoms with E-state index in [4.69, 9.17) is 16.3 Å². The summed E-state index contributed by atoms with van der Waals surface area (Å²) in [5, 5.41) is 3.38. The van der Waals surface area contributed by atoms with Crippen molar-refractivity contribution in [3.63, 3.8) is 0 Å². The van der Waals surface area contributed by atoms with Crippen molar-refractivity contribution in [2.75, 3.05) is 27.7 Å². The van der Waals surface area contributed by atoms with Gasteiger partial charge in [0.1, 0.15) is 5.75 Å². The molecular formula is C17H22ClN3OS. The molecule has 0 saturated carbocycles. The molecule has 0 aliphatic rings. The van der Waals surface area contributed by atoms with Gasteiger partial charge < -0.3 is 15.0 Å². The summed E-state index contributed by atoms with van der Waals surface area (Å²) in [7, 11) is 5.50. The zero-order valence-electron chi connectivity index (χ0n) is 13.7. The average molecular weight is 352 g/mol. The molecular weight excluding hydrogens is 330 g/mol. The number of para-hydroxylation sites is 1. The lowest BCUT2D eigenvalue weighted by Gasteiger charge is -2.23. The Labute approximate surface area is 146 Å². The van der Waals surface area contributed by atoms with Gasteiger partial charge in [0.15, 0.2) is 5.96 Å². The molecule has 0 unspecified atom stereocenters. The predicted octanol–water partition coefficient (Wildman–Crippen LogP) is 3.66. The Morgan fingerprint density at radius 2 is 2.09 bits per heavy atom. The lowest BCUT2D eigenvalue weighted by molar-refractivity contribution is 0.396. The van der Waals surface area contributed by atoms with Crippen LogP contribution < -0.4 is 10.1 Å². The Hall–Kier alpha value is -1.72. The van der Waals surface area contributed by atoms with Crippen LogP contribution in [-0.4, -0.2) is 38.6 Å². The maximum Gasteiger partial charge on any atom is 0.193 e. The largest absolute Gasteiger partial charge is 0.496 e. The van der Waals surface area contributed by atoms with Crippen LogP contribution in [0.5, 0.6) is 5.75 Å². The number of guanidine groups is 1. The number of halogens is 1. The fraction of sp³-hybridized carbons (Fsp3) is 0.353. The summed E-state index contributed by atoms with van der Waals surface area (Å²) < 4.78 is 6.23. The number of nitrogens with zero attached hydrogens (tertiary/aromatic N) is 2. The molecule has 1 heterocycles. The van der Waals surface area contributed by atoms with E-state index in [9.17, 15) is 0 Å². The van der Waals surface area contributed by atoms with Crippen LogP contribution in [0.2, 0.25) is 4.34 Å². The van der Waals surface area contributed by atoms with Crippen molar-refractivity contribution in [3.8, 4) is 5.75 Å². The highest BCUT2D eigenvalue weighted by molar-refractivity contribution is 7.16. The number of thiophene rings is 1. The summed E-state index contributed by atoms with van der Waals surface area (Å²) in [6.45, 7) is 1.55. The van der Waals surface area contributed by atoms with E-state index in [-0.39, 0.29) is 0 Å². The first kappa shape index (κ1) is 17.6. The van der Waals surface area contributed by atoms with Gasteiger partial charge in [0.05, 0.1) is 11.4 Å². The molecule has 6 heteroatoms. The molecule has 1 N–H and O–H groups in total. The molecule has 0 radical (unpaired) electrons. The van der Waals surface area contributed by atoms with Gasteiger partial charge in [0.2, 0.25) is 0 Å². The van der Waals surface area contributed by atoms with Crippen molar-refractivity contribution in [1.82, 2.24) is 10.2 Å². The Morgan fingerprint density at radius 1 is 1.30 bits per heavy atom. The number of hydrogen-bond acceptors (Lipinski definition) is 3. The Balaban J connectivity index is 1.89. The monoisotopic (exact) mass is 351 g/mol. The van der Waals surface area contributed by atoms with Gasteiger partial charge in [-0.3, -0.25) is 4.99 Å². The normalized spacial score (nSPS) is 11.4. The van der Waals surface area contributed by atoms with Crippen LogP contribution in [0.15, 0.2) is 41.4 Å². The summed E-state index contributed by atoms with van der Waals surface area (Å²) in [4.78, 5) is 7.70. The van der Waals surface area contributed by atoms with E-state index in [0.717, 1.165) is 41.1 Å². The molecule has 1 aromatic carbocycles. The maximum absolute atomic E-state index is 5.95. The zero-order valence-corrected chi connectivity index (χ0v) is 15.2. The fourth-order valence-corrected chi connectivity index (χ4v) is 3.42. The molecule has 0 fully saturated rings. The van der Waals surface area contributed by atoms with Crippen molar-refractivity contribution in [1.29, 1.82) is 0 Å². The van der Waals surface area contributed by atoms with Gasteiger partial charge in [-0.1, -0.05) is 29.8 Å². The molecule has 0 bridgehead atoms. The van der Waals surface area contributed by atoms with E-state index in [2.05, 4.69) is 27.3 Å². The average Bonchev–Trinajstić information content (AvgIpc) is 2.97. The molecule has 0 amide bonds. The highest BCUT2D eigenvalue weighted by Crippen LogP contribution is 2.21. The smallest absolute Gasteiger partial charge is 0.193 e. The van der Waals surface area contributed by atoms with Gasteiger partial charge >= 0.3 is 0 Å². The molecule has 124 valence electrons. The van der Waals surface area contributed by atoms with Gasteiger partial charge in [-0.15, -0.1) is 11.3 Å². The number of nitrogens with one attached hydrogen (secondary N) is 1. The van der Waals surface area contributed by atoms with Crippen molar-refractivity contribution in [2.45, 2.75) is 13.0 Å². The third kappa shape index (κ3) is 5.15. The molecule has 2 rings (SSSR count). The Kier molecular flexibility index (Phi) is 6.74. The molecule has 0 atom stereocenters. The number of hydrogen-bond donors (Lipinski definition) is 1. The predicted molar refractivity (Wildman–Crippen MR) is 98.9 cm³/mol. The van der Waals surface area contributed by atoms with Crippen molar-refractivity contribution >= 4 is 28.9 Å². The van der Waals surface area contributed by atoms with Crippen LogP contribution in [0.25, 0.3) is 0 Å². The van der Waals surface area contributed by atoms with Crippen LogP contribution in [0, 0.1) is 0 Å². The first-order valence-electron chi connectivity index (χ1n) is 7.42. The van der Waals surface area contributed by atoms with Crippen LogP contribution in [0.3, 0.4) is 0 Å². The lowest BCUT2D eigenvalue weighted by atomic mass is 10.2. The second-order valence-electron chi connectivity index (χ2n) is 5.10. The third-order valence-electron chi connectivity index (χ3n) is 3.46. The molecule has 23 heavy (non-hydrogen) atoms. The fourth-order valence-electron chi connectivity index (χ4n) is 2.33. The van der Waals surface area contributed by atoms with Crippen molar-refractivity contribution < 1.29 is 4.74 Å². The Morgan fingerprint density at radius 3 is 2.74 bits per heavy atom. The highest BCUT2D eigenvalue weighted by Gasteiger charge is 2.09. The summed E-state index contributed by atoms with van der Waals surface area (Å²) in [6.07, 6.45) is 0.929. The number of methoxy groups -OCH3 is 1. The maximum atomic E-state index is 5.95. The van der Waals surface area contributed by atoms with Gasteiger partial charge in [-0.2, -0.15) is 0 Å². The van der Waals surface area contributed by atoms with E-state index in [1.54, 1.807) is 25.5 Å². The first-order chi connectivity index (χ1) is 11.1. The topological polar surface area (TPSA) is 36.9 Å². The quantitative estimate of drug-likeness (QED) is 0.637. The molecule has 4 nitrogen and oxygen atoms in total. The summed E-state index contributed by atoms with van der Waals surface area (Å²) in [5.41, 5.74) is 1.13. The minimum absolute atomic E-state index is 0.731. The molecule has 0 aliphatic heterocycles. The van der Waals surface area contributed by atoms with E-state index < -0.39 is 0 Å². The van der Waals surface area contributed by atoms with E-state index in [1.165, 1.54) is 4.88 Å². The SMILES string of the molecule is CN=C(NCCc1ccc(Cl)s1)N(C)Cc1ccccc1OC. The molecule has 0 saturated heterocycles.